The van der Waals surface area contributed by atoms with Gasteiger partial charge >= 0.3 is 0 Å². The summed E-state index contributed by atoms with van der Waals surface area (Å²) < 4.78 is 57.3. The summed E-state index contributed by atoms with van der Waals surface area (Å²) in [6.45, 7) is 1.27. The Kier molecular flexibility index (Phi) is 4.73. The Labute approximate surface area is 163 Å². The van der Waals surface area contributed by atoms with E-state index < -0.39 is 47.0 Å². The molecule has 2 unspecified atom stereocenters. The topological polar surface area (TPSA) is 66.5 Å². The highest BCUT2D eigenvalue weighted by atomic mass is 19.1. The molecule has 0 bridgehead atoms. The lowest BCUT2D eigenvalue weighted by Gasteiger charge is -2.41. The summed E-state index contributed by atoms with van der Waals surface area (Å²) in [5, 5.41) is 20.6. The van der Waals surface area contributed by atoms with Crippen LogP contribution in [-0.4, -0.2) is 42.9 Å². The van der Waals surface area contributed by atoms with Gasteiger partial charge in [0.15, 0.2) is 0 Å². The average molecular weight is 407 g/mol. The van der Waals surface area contributed by atoms with E-state index in [1.165, 1.54) is 41.4 Å². The third-order valence-corrected chi connectivity index (χ3v) is 5.31. The molecule has 2 heterocycles. The Bertz CT molecular complexity index is 1010. The second-order valence-corrected chi connectivity index (χ2v) is 7.05. The molecule has 4 atom stereocenters. The van der Waals surface area contributed by atoms with Crippen molar-refractivity contribution < 1.29 is 22.7 Å². The van der Waals surface area contributed by atoms with E-state index in [0.29, 0.717) is 6.07 Å². The fourth-order valence-electron chi connectivity index (χ4n) is 3.75. The summed E-state index contributed by atoms with van der Waals surface area (Å²) in [5.74, 6) is -4.12. The highest BCUT2D eigenvalue weighted by Crippen LogP contribution is 2.39. The van der Waals surface area contributed by atoms with Crippen molar-refractivity contribution >= 4 is 5.97 Å². The molecule has 29 heavy (non-hydrogen) atoms. The Morgan fingerprint density at radius 3 is 2.72 bits per heavy atom. The first kappa shape index (κ1) is 19.3. The van der Waals surface area contributed by atoms with Crippen LogP contribution in [0.25, 0.3) is 0 Å². The smallest absolute Gasteiger partial charge is 0.217 e. The number of allylic oxidation sites excluding steroid dienone is 2. The number of aromatic nitrogens is 3. The molecule has 1 N–H and O–H groups in total. The molecule has 2 aliphatic rings. The lowest BCUT2D eigenvalue weighted by atomic mass is 9.84. The fourth-order valence-corrected chi connectivity index (χ4v) is 3.75. The molecular formula is C19H17F4N5O. The highest BCUT2D eigenvalue weighted by molar-refractivity contribution is 5.82. The molecule has 10 heteroatoms. The SMILES string of the molecule is C[C@@H](N1N=C(F)C2C=C(F)C=CC21)[C@](O)(Cn1cncn1)c1ccc(F)cc1F. The van der Waals surface area contributed by atoms with Gasteiger partial charge in [-0.15, -0.1) is 5.10 Å². The van der Waals surface area contributed by atoms with Crippen LogP contribution in [-0.2, 0) is 12.1 Å². The van der Waals surface area contributed by atoms with Crippen molar-refractivity contribution in [3.63, 3.8) is 0 Å². The van der Waals surface area contributed by atoms with Crippen molar-refractivity contribution in [3.8, 4) is 0 Å². The predicted molar refractivity (Wildman–Crippen MR) is 95.7 cm³/mol. The minimum Gasteiger partial charge on any atom is -0.381 e. The van der Waals surface area contributed by atoms with Gasteiger partial charge in [0.1, 0.15) is 35.7 Å². The molecule has 2 aromatic rings. The number of hydrogen-bond acceptors (Lipinski definition) is 5. The number of fused-ring (bicyclic) bond motifs is 1. The summed E-state index contributed by atoms with van der Waals surface area (Å²) in [5.41, 5.74) is -2.19. The van der Waals surface area contributed by atoms with Crippen molar-refractivity contribution in [3.05, 3.63) is 72.1 Å². The molecule has 0 spiro atoms. The van der Waals surface area contributed by atoms with Crippen LogP contribution in [0.15, 0.2) is 60.0 Å². The number of hydrogen-bond donors (Lipinski definition) is 1. The first-order valence-electron chi connectivity index (χ1n) is 8.88. The van der Waals surface area contributed by atoms with E-state index in [-0.39, 0.29) is 12.1 Å². The largest absolute Gasteiger partial charge is 0.381 e. The first-order valence-corrected chi connectivity index (χ1v) is 8.88. The standard InChI is InChI=1S/C19H17F4N5O/c1-11(28-17-5-3-12(20)6-14(17)18(23)26-28)19(29,8-27-10-24-9-25-27)15-4-2-13(21)7-16(15)22/h2-7,9-11,14,17,29H,8H2,1H3/t11-,14?,17?,19-/m1/s1. The highest BCUT2D eigenvalue weighted by Gasteiger charge is 2.48. The summed E-state index contributed by atoms with van der Waals surface area (Å²) in [4.78, 5) is 3.80. The minimum atomic E-state index is -1.99. The van der Waals surface area contributed by atoms with Gasteiger partial charge in [0.2, 0.25) is 5.97 Å². The molecular weight excluding hydrogens is 390 g/mol. The molecule has 4 rings (SSSR count). The van der Waals surface area contributed by atoms with Gasteiger partial charge in [-0.3, -0.25) is 5.01 Å². The quantitative estimate of drug-likeness (QED) is 0.775. The second kappa shape index (κ2) is 7.11. The van der Waals surface area contributed by atoms with Crippen LogP contribution in [0.1, 0.15) is 12.5 Å². The summed E-state index contributed by atoms with van der Waals surface area (Å²) in [6, 6.07) is 1.11. The molecule has 0 saturated heterocycles. The zero-order chi connectivity index (χ0) is 20.8. The van der Waals surface area contributed by atoms with E-state index in [4.69, 9.17) is 0 Å². The van der Waals surface area contributed by atoms with E-state index in [2.05, 4.69) is 15.2 Å². The van der Waals surface area contributed by atoms with Crippen LogP contribution in [0.4, 0.5) is 17.6 Å². The van der Waals surface area contributed by atoms with Gasteiger partial charge in [0.05, 0.1) is 24.5 Å². The van der Waals surface area contributed by atoms with Crippen molar-refractivity contribution in [2.75, 3.05) is 0 Å². The van der Waals surface area contributed by atoms with Crippen molar-refractivity contribution in [2.24, 2.45) is 11.0 Å². The van der Waals surface area contributed by atoms with Crippen LogP contribution >= 0.6 is 0 Å². The molecule has 1 aliphatic carbocycles. The number of aliphatic hydroxyl groups is 1. The third-order valence-electron chi connectivity index (χ3n) is 5.31. The minimum absolute atomic E-state index is 0.206. The van der Waals surface area contributed by atoms with Crippen LogP contribution in [0.3, 0.4) is 0 Å². The number of rotatable bonds is 5. The number of halogens is 4. The molecule has 0 fully saturated rings. The lowest BCUT2D eigenvalue weighted by Crippen LogP contribution is -2.52. The fraction of sp³-hybridized carbons (Fsp3) is 0.316. The van der Waals surface area contributed by atoms with Crippen molar-refractivity contribution in [1.82, 2.24) is 19.8 Å². The maximum atomic E-state index is 14.6. The van der Waals surface area contributed by atoms with Gasteiger partial charge in [-0.05, 0) is 25.1 Å². The normalized spacial score (nSPS) is 24.0. The molecule has 0 radical (unpaired) electrons. The van der Waals surface area contributed by atoms with E-state index in [1.54, 1.807) is 0 Å². The van der Waals surface area contributed by atoms with Crippen LogP contribution < -0.4 is 0 Å². The van der Waals surface area contributed by atoms with Crippen molar-refractivity contribution in [1.29, 1.82) is 0 Å². The van der Waals surface area contributed by atoms with Crippen LogP contribution in [0, 0.1) is 17.6 Å². The number of nitrogens with zero attached hydrogens (tertiary/aromatic N) is 5. The van der Waals surface area contributed by atoms with Gasteiger partial charge in [0, 0.05) is 11.6 Å². The molecule has 152 valence electrons. The molecule has 1 aliphatic heterocycles. The molecule has 0 amide bonds. The van der Waals surface area contributed by atoms with E-state index in [1.807, 2.05) is 0 Å². The van der Waals surface area contributed by atoms with Crippen molar-refractivity contribution in [2.45, 2.75) is 31.2 Å². The van der Waals surface area contributed by atoms with E-state index >= 15 is 0 Å². The van der Waals surface area contributed by atoms with Crippen LogP contribution in [0.2, 0.25) is 0 Å². The Hall–Kier alpha value is -3.01. The Morgan fingerprint density at radius 2 is 2.03 bits per heavy atom. The average Bonchev–Trinajstić information content (AvgIpc) is 3.29. The maximum Gasteiger partial charge on any atom is 0.217 e. The first-order chi connectivity index (χ1) is 13.8. The third kappa shape index (κ3) is 3.33. The zero-order valence-corrected chi connectivity index (χ0v) is 15.3. The monoisotopic (exact) mass is 407 g/mol. The Balaban J connectivity index is 1.76. The Morgan fingerprint density at radius 1 is 1.24 bits per heavy atom. The molecule has 6 nitrogen and oxygen atoms in total. The van der Waals surface area contributed by atoms with Gasteiger partial charge in [-0.2, -0.15) is 9.49 Å². The van der Waals surface area contributed by atoms with Gasteiger partial charge in [0.25, 0.3) is 0 Å². The number of benzene rings is 1. The predicted octanol–water partition coefficient (Wildman–Crippen LogP) is 2.84. The van der Waals surface area contributed by atoms with Gasteiger partial charge in [-0.25, -0.2) is 22.8 Å². The van der Waals surface area contributed by atoms with E-state index in [0.717, 1.165) is 18.2 Å². The van der Waals surface area contributed by atoms with Crippen LogP contribution in [0.5, 0.6) is 0 Å². The molecule has 0 saturated carbocycles. The zero-order valence-electron chi connectivity index (χ0n) is 15.3. The van der Waals surface area contributed by atoms with Gasteiger partial charge < -0.3 is 5.11 Å². The summed E-state index contributed by atoms with van der Waals surface area (Å²) >= 11 is 0. The molecule has 1 aromatic heterocycles. The molecule has 1 aromatic carbocycles. The van der Waals surface area contributed by atoms with Gasteiger partial charge in [-0.1, -0.05) is 12.1 Å². The lowest BCUT2D eigenvalue weighted by molar-refractivity contribution is -0.0687. The summed E-state index contributed by atoms with van der Waals surface area (Å²) in [7, 11) is 0. The second-order valence-electron chi connectivity index (χ2n) is 7.05. The summed E-state index contributed by atoms with van der Waals surface area (Å²) in [6.07, 6.45) is 6.29. The maximum absolute atomic E-state index is 14.6. The van der Waals surface area contributed by atoms with E-state index in [9.17, 15) is 22.7 Å². The number of hydrazone groups is 1.